The predicted molar refractivity (Wildman–Crippen MR) is 45.3 cm³/mol. The quantitative estimate of drug-likeness (QED) is 0.266. The Bertz CT molecular complexity index is 206. The molecule has 0 saturated carbocycles. The lowest BCUT2D eigenvalue weighted by atomic mass is 10.1. The molecular weight excluding hydrogens is 158 g/mol. The van der Waals surface area contributed by atoms with Gasteiger partial charge in [-0.2, -0.15) is 0 Å². The normalized spacial score (nSPS) is 10.5. The van der Waals surface area contributed by atoms with Crippen LogP contribution in [0.25, 0.3) is 10.4 Å². The van der Waals surface area contributed by atoms with Crippen LogP contribution in [0, 0.1) is 0 Å². The molecule has 1 amide bonds. The minimum atomic E-state index is -0.745. The maximum atomic E-state index is 10.7. The monoisotopic (exact) mass is 171 g/mol. The van der Waals surface area contributed by atoms with E-state index in [4.69, 9.17) is 11.3 Å². The van der Waals surface area contributed by atoms with Gasteiger partial charge in [0, 0.05) is 18.0 Å². The molecule has 6 nitrogen and oxygen atoms in total. The molecule has 0 saturated heterocycles. The molecule has 68 valence electrons. The summed E-state index contributed by atoms with van der Waals surface area (Å²) < 4.78 is 0. The molecule has 12 heavy (non-hydrogen) atoms. The summed E-state index contributed by atoms with van der Waals surface area (Å²) in [5.74, 6) is -0.427. The fourth-order valence-electron chi connectivity index (χ4n) is 0.550. The number of carbonyl (C=O) groups excluding carboxylic acids is 1. The van der Waals surface area contributed by atoms with Crippen LogP contribution >= 0.6 is 0 Å². The predicted octanol–water partition coefficient (Wildman–Crippen LogP) is 0.150. The van der Waals surface area contributed by atoms with Crippen LogP contribution in [0.3, 0.4) is 0 Å². The number of nitrogens with two attached hydrogens (primary N) is 1. The van der Waals surface area contributed by atoms with Crippen LogP contribution in [0.2, 0.25) is 0 Å². The third-order valence-corrected chi connectivity index (χ3v) is 1.46. The van der Waals surface area contributed by atoms with Crippen LogP contribution in [0.4, 0.5) is 0 Å². The van der Waals surface area contributed by atoms with Gasteiger partial charge in [-0.1, -0.05) is 5.11 Å². The minimum absolute atomic E-state index is 0.313. The van der Waals surface area contributed by atoms with Crippen molar-refractivity contribution in [3.63, 3.8) is 0 Å². The second kappa shape index (κ2) is 4.58. The van der Waals surface area contributed by atoms with E-state index in [-0.39, 0.29) is 0 Å². The highest BCUT2D eigenvalue weighted by molar-refractivity contribution is 5.83. The number of carbonyl (C=O) groups is 1. The summed E-state index contributed by atoms with van der Waals surface area (Å²) in [7, 11) is 0. The third kappa shape index (κ3) is 3.80. The molecule has 0 aliphatic rings. The zero-order valence-electron chi connectivity index (χ0n) is 7.24. The number of hydrogen-bond acceptors (Lipinski definition) is 3. The first-order valence-electron chi connectivity index (χ1n) is 3.56. The molecule has 0 unspecified atom stereocenters. The molecule has 0 aliphatic carbocycles. The van der Waals surface area contributed by atoms with Crippen LogP contribution in [0.5, 0.6) is 0 Å². The molecule has 0 spiro atoms. The van der Waals surface area contributed by atoms with Crippen molar-refractivity contribution in [1.82, 2.24) is 5.32 Å². The molecule has 0 radical (unpaired) electrons. The van der Waals surface area contributed by atoms with E-state index in [1.165, 1.54) is 0 Å². The Balaban J connectivity index is 3.76. The highest BCUT2D eigenvalue weighted by Crippen LogP contribution is 1.98. The number of rotatable bonds is 5. The molecule has 3 N–H and O–H groups in total. The Kier molecular flexibility index (Phi) is 4.10. The Morgan fingerprint density at radius 2 is 2.33 bits per heavy atom. The Labute approximate surface area is 70.7 Å². The van der Waals surface area contributed by atoms with E-state index in [1.807, 2.05) is 0 Å². The molecule has 6 heteroatoms. The van der Waals surface area contributed by atoms with E-state index in [0.29, 0.717) is 13.1 Å². The summed E-state index contributed by atoms with van der Waals surface area (Å²) in [5.41, 5.74) is 12.3. The number of nitrogens with one attached hydrogen (secondary N) is 1. The van der Waals surface area contributed by atoms with Crippen molar-refractivity contribution in [2.45, 2.75) is 19.4 Å². The second-order valence-electron chi connectivity index (χ2n) is 2.87. The zero-order valence-corrected chi connectivity index (χ0v) is 7.24. The first-order valence-corrected chi connectivity index (χ1v) is 3.56. The van der Waals surface area contributed by atoms with Gasteiger partial charge >= 0.3 is 0 Å². The van der Waals surface area contributed by atoms with Crippen molar-refractivity contribution in [2.24, 2.45) is 10.8 Å². The summed E-state index contributed by atoms with van der Waals surface area (Å²) in [6.07, 6.45) is 0. The van der Waals surface area contributed by atoms with Crippen molar-refractivity contribution in [3.05, 3.63) is 10.4 Å². The zero-order chi connectivity index (χ0) is 9.61. The van der Waals surface area contributed by atoms with E-state index in [2.05, 4.69) is 15.3 Å². The highest BCUT2D eigenvalue weighted by Gasteiger charge is 2.22. The van der Waals surface area contributed by atoms with Gasteiger partial charge in [-0.25, -0.2) is 0 Å². The molecule has 0 aliphatic heterocycles. The lowest BCUT2D eigenvalue weighted by Crippen LogP contribution is -2.51. The molecule has 0 aromatic heterocycles. The Morgan fingerprint density at radius 1 is 1.75 bits per heavy atom. The smallest absolute Gasteiger partial charge is 0.237 e. The van der Waals surface area contributed by atoms with E-state index >= 15 is 0 Å². The molecule has 0 aromatic carbocycles. The maximum absolute atomic E-state index is 10.7. The molecule has 0 heterocycles. The van der Waals surface area contributed by atoms with Crippen LogP contribution < -0.4 is 11.1 Å². The van der Waals surface area contributed by atoms with Crippen molar-refractivity contribution in [2.75, 3.05) is 13.1 Å². The minimum Gasteiger partial charge on any atom is -0.368 e. The van der Waals surface area contributed by atoms with Crippen molar-refractivity contribution in [1.29, 1.82) is 0 Å². The fourth-order valence-corrected chi connectivity index (χ4v) is 0.550. The third-order valence-electron chi connectivity index (χ3n) is 1.46. The molecule has 0 atom stereocenters. The number of amides is 1. The summed E-state index contributed by atoms with van der Waals surface area (Å²) in [5, 5.41) is 6.15. The van der Waals surface area contributed by atoms with Crippen molar-refractivity contribution in [3.8, 4) is 0 Å². The number of nitrogens with zero attached hydrogens (tertiary/aromatic N) is 3. The number of hydrogen-bond donors (Lipinski definition) is 2. The SMILES string of the molecule is CC(C)(NCCN=[N+]=[N-])C(N)=O. The summed E-state index contributed by atoms with van der Waals surface area (Å²) in [6, 6.07) is 0. The van der Waals surface area contributed by atoms with Gasteiger partial charge in [-0.3, -0.25) is 4.79 Å². The summed E-state index contributed by atoms with van der Waals surface area (Å²) in [6.45, 7) is 4.10. The second-order valence-corrected chi connectivity index (χ2v) is 2.87. The molecule has 0 aromatic rings. The molecular formula is C6H13N5O. The average molecular weight is 171 g/mol. The first-order chi connectivity index (χ1) is 5.50. The average Bonchev–Trinajstić information content (AvgIpc) is 1.98. The van der Waals surface area contributed by atoms with Crippen LogP contribution in [0.1, 0.15) is 13.8 Å². The van der Waals surface area contributed by atoms with Crippen molar-refractivity contribution < 1.29 is 4.79 Å². The van der Waals surface area contributed by atoms with Gasteiger partial charge < -0.3 is 11.1 Å². The standard InChI is InChI=1S/C6H13N5O/c1-6(2,5(7)12)9-3-4-10-11-8/h9H,3-4H2,1-2H3,(H2,7,12). The van der Waals surface area contributed by atoms with Gasteiger partial charge in [0.05, 0.1) is 5.54 Å². The summed E-state index contributed by atoms with van der Waals surface area (Å²) >= 11 is 0. The largest absolute Gasteiger partial charge is 0.368 e. The van der Waals surface area contributed by atoms with Gasteiger partial charge in [0.2, 0.25) is 5.91 Å². The maximum Gasteiger partial charge on any atom is 0.237 e. The number of azide groups is 1. The van der Waals surface area contributed by atoms with E-state index in [9.17, 15) is 4.79 Å². The molecule has 0 rings (SSSR count). The lowest BCUT2D eigenvalue weighted by molar-refractivity contribution is -0.123. The number of primary amides is 1. The molecule has 0 bridgehead atoms. The first kappa shape index (κ1) is 10.7. The fraction of sp³-hybridized carbons (Fsp3) is 0.833. The van der Waals surface area contributed by atoms with Crippen molar-refractivity contribution >= 4 is 5.91 Å². The van der Waals surface area contributed by atoms with E-state index < -0.39 is 11.4 Å². The van der Waals surface area contributed by atoms with Gasteiger partial charge in [-0.15, -0.1) is 0 Å². The topological polar surface area (TPSA) is 104 Å². The lowest BCUT2D eigenvalue weighted by Gasteiger charge is -2.21. The van der Waals surface area contributed by atoms with Gasteiger partial charge in [0.1, 0.15) is 0 Å². The Hall–Kier alpha value is -1.26. The Morgan fingerprint density at radius 3 is 2.75 bits per heavy atom. The van der Waals surface area contributed by atoms with Crippen LogP contribution in [-0.2, 0) is 4.79 Å². The van der Waals surface area contributed by atoms with E-state index in [0.717, 1.165) is 0 Å². The van der Waals surface area contributed by atoms with Gasteiger partial charge in [0.25, 0.3) is 0 Å². The van der Waals surface area contributed by atoms with Crippen LogP contribution in [0.15, 0.2) is 5.11 Å². The van der Waals surface area contributed by atoms with Gasteiger partial charge in [0.15, 0.2) is 0 Å². The highest BCUT2D eigenvalue weighted by atomic mass is 16.1. The van der Waals surface area contributed by atoms with Crippen LogP contribution in [-0.4, -0.2) is 24.5 Å². The summed E-state index contributed by atoms with van der Waals surface area (Å²) in [4.78, 5) is 13.3. The molecule has 0 fully saturated rings. The van der Waals surface area contributed by atoms with E-state index in [1.54, 1.807) is 13.8 Å². The van der Waals surface area contributed by atoms with Gasteiger partial charge in [-0.05, 0) is 19.4 Å².